The average molecular weight is 318 g/mol. The molecule has 4 fully saturated rings. The highest BCUT2D eigenvalue weighted by Gasteiger charge is 2.56. The highest BCUT2D eigenvalue weighted by atomic mass is 16.5. The van der Waals surface area contributed by atoms with E-state index in [2.05, 4.69) is 6.92 Å². The van der Waals surface area contributed by atoms with E-state index in [4.69, 9.17) is 4.74 Å². The van der Waals surface area contributed by atoms with Crippen molar-refractivity contribution in [1.29, 1.82) is 0 Å². The lowest BCUT2D eigenvalue weighted by Gasteiger charge is -2.54. The van der Waals surface area contributed by atoms with Crippen LogP contribution in [0.1, 0.15) is 71.6 Å². The summed E-state index contributed by atoms with van der Waals surface area (Å²) in [6, 6.07) is 0. The van der Waals surface area contributed by atoms with Gasteiger partial charge in [0.15, 0.2) is 0 Å². The summed E-state index contributed by atoms with van der Waals surface area (Å²) in [7, 11) is 0. The quantitative estimate of drug-likeness (QED) is 0.682. The molecule has 3 heteroatoms. The molecule has 0 unspecified atom stereocenters. The first-order valence-electron chi connectivity index (χ1n) is 9.69. The van der Waals surface area contributed by atoms with E-state index < -0.39 is 0 Å². The van der Waals surface area contributed by atoms with Crippen LogP contribution in [0.15, 0.2) is 0 Å². The first-order valence-corrected chi connectivity index (χ1v) is 9.69. The lowest BCUT2D eigenvalue weighted by atomic mass is 9.50. The van der Waals surface area contributed by atoms with E-state index in [1.807, 2.05) is 0 Å². The molecular formula is C20H30O3. The number of fused-ring (bicyclic) bond motifs is 5. The first kappa shape index (κ1) is 15.7. The van der Waals surface area contributed by atoms with Crippen LogP contribution in [0.5, 0.6) is 0 Å². The molecule has 0 aromatic heterocycles. The van der Waals surface area contributed by atoms with Crippen molar-refractivity contribution in [2.24, 2.45) is 35.0 Å². The molecule has 0 amide bonds. The van der Waals surface area contributed by atoms with Crippen molar-refractivity contribution in [3.63, 3.8) is 0 Å². The molecule has 7 atom stereocenters. The minimum absolute atomic E-state index is 0.00292. The predicted octanol–water partition coefficient (Wildman–Crippen LogP) is 4.14. The van der Waals surface area contributed by atoms with Crippen LogP contribution in [0.2, 0.25) is 0 Å². The highest BCUT2D eigenvalue weighted by Crippen LogP contribution is 2.61. The van der Waals surface area contributed by atoms with Crippen LogP contribution in [0.4, 0.5) is 0 Å². The fraction of sp³-hybridized carbons (Fsp3) is 0.900. The van der Waals surface area contributed by atoms with Crippen molar-refractivity contribution in [2.75, 3.05) is 0 Å². The molecule has 0 bridgehead atoms. The van der Waals surface area contributed by atoms with Crippen molar-refractivity contribution in [2.45, 2.75) is 77.7 Å². The molecule has 0 heterocycles. The topological polar surface area (TPSA) is 43.4 Å². The molecule has 4 saturated carbocycles. The zero-order valence-electron chi connectivity index (χ0n) is 14.6. The summed E-state index contributed by atoms with van der Waals surface area (Å²) in [6.07, 6.45) is 10.4. The number of hydrogen-bond acceptors (Lipinski definition) is 3. The smallest absolute Gasteiger partial charge is 0.302 e. The molecular weight excluding hydrogens is 288 g/mol. The number of esters is 1. The zero-order valence-corrected chi connectivity index (χ0v) is 14.6. The Bertz CT molecular complexity index is 513. The minimum atomic E-state index is -0.125. The van der Waals surface area contributed by atoms with Gasteiger partial charge in [0.2, 0.25) is 0 Å². The molecule has 128 valence electrons. The second-order valence-corrected chi connectivity index (χ2v) is 8.90. The zero-order chi connectivity index (χ0) is 16.2. The maximum atomic E-state index is 12.4. The van der Waals surface area contributed by atoms with E-state index in [0.717, 1.165) is 55.8 Å². The van der Waals surface area contributed by atoms with Gasteiger partial charge < -0.3 is 4.74 Å². The Morgan fingerprint density at radius 2 is 1.83 bits per heavy atom. The first-order chi connectivity index (χ1) is 11.0. The van der Waals surface area contributed by atoms with Gasteiger partial charge in [-0.05, 0) is 81.0 Å². The van der Waals surface area contributed by atoms with Crippen LogP contribution < -0.4 is 0 Å². The number of Topliss-reactive ketones (excluding diaryl/α,β-unsaturated/α-hetero) is 1. The third kappa shape index (κ3) is 2.46. The maximum absolute atomic E-state index is 12.4. The Kier molecular flexibility index (Phi) is 3.81. The lowest BCUT2D eigenvalue weighted by molar-refractivity contribution is -0.152. The molecule has 4 aliphatic rings. The molecule has 4 rings (SSSR count). The standard InChI is InChI=1S/C20H30O3/c1-12(21)23-14-4-6-15-13(11-14)3-5-17-16(15)9-10-20(2)18(17)7-8-19(20)22/h13-18H,3-11H2,1-2H3/t13-,14-,15-,16+,17+,18-,20-/m0/s1. The van der Waals surface area contributed by atoms with Gasteiger partial charge in [-0.3, -0.25) is 9.59 Å². The number of carbonyl (C=O) groups is 2. The van der Waals surface area contributed by atoms with Gasteiger partial charge in [0.05, 0.1) is 0 Å². The number of rotatable bonds is 1. The van der Waals surface area contributed by atoms with Crippen LogP contribution in [0, 0.1) is 35.0 Å². The summed E-state index contributed by atoms with van der Waals surface area (Å²) < 4.78 is 5.49. The summed E-state index contributed by atoms with van der Waals surface area (Å²) in [5.74, 6) is 4.25. The third-order valence-corrected chi connectivity index (χ3v) is 7.95. The van der Waals surface area contributed by atoms with E-state index in [1.54, 1.807) is 0 Å². The van der Waals surface area contributed by atoms with E-state index in [9.17, 15) is 9.59 Å². The largest absolute Gasteiger partial charge is 0.463 e. The van der Waals surface area contributed by atoms with Crippen LogP contribution in [0.3, 0.4) is 0 Å². The normalized spacial score (nSPS) is 49.0. The fourth-order valence-electron chi connectivity index (χ4n) is 6.92. The Morgan fingerprint density at radius 1 is 1.04 bits per heavy atom. The summed E-state index contributed by atoms with van der Waals surface area (Å²) in [5.41, 5.74) is 0.00292. The molecule has 0 aliphatic heterocycles. The second kappa shape index (κ2) is 5.60. The number of ether oxygens (including phenoxy) is 1. The monoisotopic (exact) mass is 318 g/mol. The molecule has 0 spiro atoms. The number of hydrogen-bond donors (Lipinski definition) is 0. The van der Waals surface area contributed by atoms with Crippen LogP contribution in [-0.2, 0) is 14.3 Å². The van der Waals surface area contributed by atoms with Crippen molar-refractivity contribution >= 4 is 11.8 Å². The van der Waals surface area contributed by atoms with Gasteiger partial charge in [-0.15, -0.1) is 0 Å². The number of carbonyl (C=O) groups excluding carboxylic acids is 2. The van der Waals surface area contributed by atoms with Gasteiger partial charge in [-0.1, -0.05) is 6.92 Å². The van der Waals surface area contributed by atoms with Gasteiger partial charge in [-0.2, -0.15) is 0 Å². The van der Waals surface area contributed by atoms with Gasteiger partial charge >= 0.3 is 5.97 Å². The van der Waals surface area contributed by atoms with E-state index in [1.165, 1.54) is 32.6 Å². The molecule has 23 heavy (non-hydrogen) atoms. The highest BCUT2D eigenvalue weighted by molar-refractivity contribution is 5.87. The van der Waals surface area contributed by atoms with Gasteiger partial charge in [-0.25, -0.2) is 0 Å². The summed E-state index contributed by atoms with van der Waals surface area (Å²) in [4.78, 5) is 23.6. The van der Waals surface area contributed by atoms with Gasteiger partial charge in [0, 0.05) is 18.8 Å². The van der Waals surface area contributed by atoms with Crippen molar-refractivity contribution in [3.8, 4) is 0 Å². The summed E-state index contributed by atoms with van der Waals surface area (Å²) >= 11 is 0. The third-order valence-electron chi connectivity index (χ3n) is 7.95. The van der Waals surface area contributed by atoms with Gasteiger partial charge in [0.1, 0.15) is 11.9 Å². The van der Waals surface area contributed by atoms with E-state index >= 15 is 0 Å². The predicted molar refractivity (Wildman–Crippen MR) is 87.7 cm³/mol. The van der Waals surface area contributed by atoms with Crippen molar-refractivity contribution in [1.82, 2.24) is 0 Å². The summed E-state index contributed by atoms with van der Waals surface area (Å²) in [5, 5.41) is 0. The SMILES string of the molecule is CC(=O)O[C@H]1CC[C@H]2[C@@H](CC[C@@H]3[C@@H]2CC[C@]2(C)C(=O)CC[C@@H]32)C1. The number of ketones is 1. The Balaban J connectivity index is 1.48. The van der Waals surface area contributed by atoms with Crippen molar-refractivity contribution in [3.05, 3.63) is 0 Å². The Labute approximate surface area is 139 Å². The summed E-state index contributed by atoms with van der Waals surface area (Å²) in [6.45, 7) is 3.79. The molecule has 3 nitrogen and oxygen atoms in total. The average Bonchev–Trinajstić information content (AvgIpc) is 2.82. The van der Waals surface area contributed by atoms with Crippen molar-refractivity contribution < 1.29 is 14.3 Å². The second-order valence-electron chi connectivity index (χ2n) is 8.90. The molecule has 4 aliphatic carbocycles. The Morgan fingerprint density at radius 3 is 2.61 bits per heavy atom. The lowest BCUT2D eigenvalue weighted by Crippen LogP contribution is -2.49. The molecule has 0 saturated heterocycles. The van der Waals surface area contributed by atoms with E-state index in [0.29, 0.717) is 11.7 Å². The van der Waals surface area contributed by atoms with Crippen LogP contribution in [-0.4, -0.2) is 17.9 Å². The molecule has 0 N–H and O–H groups in total. The molecule has 0 aromatic carbocycles. The van der Waals surface area contributed by atoms with Gasteiger partial charge in [0.25, 0.3) is 0 Å². The minimum Gasteiger partial charge on any atom is -0.463 e. The molecule has 0 radical (unpaired) electrons. The molecule has 0 aromatic rings. The maximum Gasteiger partial charge on any atom is 0.302 e. The Hall–Kier alpha value is -0.860. The van der Waals surface area contributed by atoms with Crippen LogP contribution >= 0.6 is 0 Å². The van der Waals surface area contributed by atoms with Crippen LogP contribution in [0.25, 0.3) is 0 Å². The fourth-order valence-corrected chi connectivity index (χ4v) is 6.92. The van der Waals surface area contributed by atoms with E-state index in [-0.39, 0.29) is 17.5 Å².